The number of phenols is 1. The van der Waals surface area contributed by atoms with Gasteiger partial charge >= 0.3 is 6.01 Å². The SMILES string of the molecule is O=CC=CN1CCN(c2nc(OCCCN3CCCC3)nc3c2CCN(c2cc(O)cc4ccccc24)C3)CC1. The number of benzene rings is 2. The van der Waals surface area contributed by atoms with Gasteiger partial charge in [0.2, 0.25) is 0 Å². The Kier molecular flexibility index (Phi) is 7.99. The standard InChI is InChI=1S/C31H38N6O3/c38-19-5-12-35-15-17-36(18-16-35)30-27-9-14-37(29-22-25(39)21-24-7-1-2-8-26(24)29)23-28(27)32-31(33-30)40-20-6-13-34-10-3-4-11-34/h1-2,5,7-8,12,19,21-22,39H,3-4,6,9-11,13-18,20,23H2. The maximum atomic E-state index is 10.8. The van der Waals surface area contributed by atoms with E-state index in [2.05, 4.69) is 25.7 Å². The third kappa shape index (κ3) is 5.84. The van der Waals surface area contributed by atoms with Gasteiger partial charge in [0.15, 0.2) is 0 Å². The number of rotatable bonds is 9. The molecule has 3 aromatic rings. The van der Waals surface area contributed by atoms with E-state index in [0.717, 1.165) is 86.4 Å². The zero-order valence-electron chi connectivity index (χ0n) is 23.0. The second kappa shape index (κ2) is 12.1. The van der Waals surface area contributed by atoms with Crippen LogP contribution in [0.1, 0.15) is 30.5 Å². The van der Waals surface area contributed by atoms with Crippen LogP contribution in [0.4, 0.5) is 11.5 Å². The summed E-state index contributed by atoms with van der Waals surface area (Å²) in [5.74, 6) is 1.24. The van der Waals surface area contributed by atoms with Crippen LogP contribution in [0.3, 0.4) is 0 Å². The number of piperazine rings is 1. The molecule has 0 spiro atoms. The number of nitrogens with zero attached hydrogens (tertiary/aromatic N) is 6. The van der Waals surface area contributed by atoms with Gasteiger partial charge in [0, 0.05) is 68.2 Å². The molecule has 0 aliphatic carbocycles. The van der Waals surface area contributed by atoms with Gasteiger partial charge in [-0.15, -0.1) is 0 Å². The highest BCUT2D eigenvalue weighted by molar-refractivity contribution is 5.95. The van der Waals surface area contributed by atoms with Crippen molar-refractivity contribution in [1.29, 1.82) is 0 Å². The van der Waals surface area contributed by atoms with Gasteiger partial charge in [0.05, 0.1) is 18.8 Å². The zero-order chi connectivity index (χ0) is 27.3. The number of allylic oxidation sites excluding steroid dienone is 1. The molecule has 6 rings (SSSR count). The molecule has 9 heteroatoms. The summed E-state index contributed by atoms with van der Waals surface area (Å²) in [6.07, 6.45) is 8.60. The maximum absolute atomic E-state index is 10.8. The first kappa shape index (κ1) is 26.4. The van der Waals surface area contributed by atoms with Crippen LogP contribution in [-0.2, 0) is 17.8 Å². The van der Waals surface area contributed by atoms with Crippen LogP contribution in [-0.4, -0.2) is 90.1 Å². The van der Waals surface area contributed by atoms with Crippen LogP contribution in [0.15, 0.2) is 48.7 Å². The summed E-state index contributed by atoms with van der Waals surface area (Å²) in [5, 5.41) is 12.6. The number of carbonyl (C=O) groups excluding carboxylic acids is 1. The monoisotopic (exact) mass is 542 g/mol. The molecule has 1 aromatic heterocycles. The highest BCUT2D eigenvalue weighted by Crippen LogP contribution is 2.36. The van der Waals surface area contributed by atoms with Gasteiger partial charge in [-0.1, -0.05) is 24.3 Å². The fourth-order valence-electron chi connectivity index (χ4n) is 6.15. The Hall–Kier alpha value is -3.85. The summed E-state index contributed by atoms with van der Waals surface area (Å²) in [5.41, 5.74) is 3.19. The van der Waals surface area contributed by atoms with Gasteiger partial charge in [-0.2, -0.15) is 9.97 Å². The lowest BCUT2D eigenvalue weighted by Gasteiger charge is -2.38. The second-order valence-corrected chi connectivity index (χ2v) is 10.9. The summed E-state index contributed by atoms with van der Waals surface area (Å²) in [6, 6.07) is 12.3. The van der Waals surface area contributed by atoms with Crippen molar-refractivity contribution in [2.24, 2.45) is 0 Å². The van der Waals surface area contributed by atoms with Gasteiger partial charge in [-0.25, -0.2) is 0 Å². The number of aromatic hydroxyl groups is 1. The van der Waals surface area contributed by atoms with Crippen LogP contribution < -0.4 is 14.5 Å². The van der Waals surface area contributed by atoms with Crippen molar-refractivity contribution in [2.45, 2.75) is 32.2 Å². The molecule has 3 aliphatic heterocycles. The molecule has 3 aliphatic rings. The lowest BCUT2D eigenvalue weighted by atomic mass is 10.0. The van der Waals surface area contributed by atoms with Crippen molar-refractivity contribution >= 4 is 28.6 Å². The van der Waals surface area contributed by atoms with E-state index in [9.17, 15) is 9.90 Å². The van der Waals surface area contributed by atoms with Crippen molar-refractivity contribution in [1.82, 2.24) is 19.8 Å². The number of anilines is 2. The molecule has 0 radical (unpaired) electrons. The minimum atomic E-state index is 0.270. The molecule has 1 N–H and O–H groups in total. The number of aromatic nitrogens is 2. The van der Waals surface area contributed by atoms with E-state index < -0.39 is 0 Å². The topological polar surface area (TPSA) is 85.3 Å². The third-order valence-corrected chi connectivity index (χ3v) is 8.23. The molecule has 0 bridgehead atoms. The predicted octanol–water partition coefficient (Wildman–Crippen LogP) is 3.60. The Labute approximate surface area is 235 Å². The van der Waals surface area contributed by atoms with E-state index >= 15 is 0 Å². The minimum Gasteiger partial charge on any atom is -0.508 e. The maximum Gasteiger partial charge on any atom is 0.318 e. The number of ether oxygens (including phenoxy) is 1. The number of aldehydes is 1. The molecule has 4 heterocycles. The molecule has 2 fully saturated rings. The highest BCUT2D eigenvalue weighted by Gasteiger charge is 2.28. The Morgan fingerprint density at radius 1 is 0.950 bits per heavy atom. The van der Waals surface area contributed by atoms with E-state index in [-0.39, 0.29) is 5.75 Å². The smallest absolute Gasteiger partial charge is 0.318 e. The largest absolute Gasteiger partial charge is 0.508 e. The summed E-state index contributed by atoms with van der Waals surface area (Å²) in [7, 11) is 0. The van der Waals surface area contributed by atoms with Gasteiger partial charge in [0.1, 0.15) is 17.9 Å². The minimum absolute atomic E-state index is 0.270. The molecule has 2 aromatic carbocycles. The first-order valence-corrected chi connectivity index (χ1v) is 14.5. The summed E-state index contributed by atoms with van der Waals surface area (Å²) >= 11 is 0. The van der Waals surface area contributed by atoms with Gasteiger partial charge in [-0.3, -0.25) is 4.79 Å². The number of hydrogen-bond donors (Lipinski definition) is 1. The lowest BCUT2D eigenvalue weighted by Crippen LogP contribution is -2.45. The quantitative estimate of drug-likeness (QED) is 0.248. The predicted molar refractivity (Wildman–Crippen MR) is 157 cm³/mol. The van der Waals surface area contributed by atoms with Gasteiger partial charge < -0.3 is 29.4 Å². The number of carbonyl (C=O) groups is 1. The van der Waals surface area contributed by atoms with E-state index in [1.54, 1.807) is 6.08 Å². The summed E-state index contributed by atoms with van der Waals surface area (Å²) in [6.45, 7) is 8.77. The Morgan fingerprint density at radius 2 is 1.77 bits per heavy atom. The van der Waals surface area contributed by atoms with Crippen LogP contribution in [0.2, 0.25) is 0 Å². The zero-order valence-corrected chi connectivity index (χ0v) is 23.0. The average molecular weight is 543 g/mol. The molecular weight excluding hydrogens is 504 g/mol. The molecule has 0 saturated carbocycles. The van der Waals surface area contributed by atoms with E-state index in [1.165, 1.54) is 31.5 Å². The van der Waals surface area contributed by atoms with Crippen LogP contribution in [0.5, 0.6) is 11.8 Å². The van der Waals surface area contributed by atoms with Crippen molar-refractivity contribution in [3.05, 3.63) is 59.9 Å². The third-order valence-electron chi connectivity index (χ3n) is 8.23. The average Bonchev–Trinajstić information content (AvgIpc) is 3.51. The van der Waals surface area contributed by atoms with Crippen molar-refractivity contribution in [2.75, 3.05) is 68.8 Å². The number of fused-ring (bicyclic) bond motifs is 2. The molecule has 0 amide bonds. The van der Waals surface area contributed by atoms with E-state index in [0.29, 0.717) is 19.2 Å². The van der Waals surface area contributed by atoms with Crippen molar-refractivity contribution in [3.63, 3.8) is 0 Å². The van der Waals surface area contributed by atoms with Gasteiger partial charge in [0.25, 0.3) is 0 Å². The fraction of sp³-hybridized carbons (Fsp3) is 0.452. The number of hydrogen-bond acceptors (Lipinski definition) is 9. The molecule has 210 valence electrons. The normalized spacial score (nSPS) is 18.1. The first-order chi connectivity index (χ1) is 19.7. The molecule has 9 nitrogen and oxygen atoms in total. The molecular formula is C31H38N6O3. The Bertz CT molecular complexity index is 1360. The molecule has 40 heavy (non-hydrogen) atoms. The summed E-state index contributed by atoms with van der Waals surface area (Å²) < 4.78 is 6.17. The Morgan fingerprint density at radius 3 is 2.60 bits per heavy atom. The molecule has 2 saturated heterocycles. The van der Waals surface area contributed by atoms with Crippen LogP contribution in [0, 0.1) is 0 Å². The number of phenolic OH excluding ortho intramolecular Hbond substituents is 1. The van der Waals surface area contributed by atoms with Crippen LogP contribution in [0.25, 0.3) is 10.8 Å². The molecule has 0 atom stereocenters. The second-order valence-electron chi connectivity index (χ2n) is 10.9. The van der Waals surface area contributed by atoms with Crippen molar-refractivity contribution < 1.29 is 14.6 Å². The number of likely N-dealkylation sites (tertiary alicyclic amines) is 1. The lowest BCUT2D eigenvalue weighted by molar-refractivity contribution is -0.104. The summed E-state index contributed by atoms with van der Waals surface area (Å²) in [4.78, 5) is 30.0. The fourth-order valence-corrected chi connectivity index (χ4v) is 6.15. The van der Waals surface area contributed by atoms with Crippen molar-refractivity contribution in [3.8, 4) is 11.8 Å². The van der Waals surface area contributed by atoms with E-state index in [4.69, 9.17) is 14.7 Å². The van der Waals surface area contributed by atoms with Crippen LogP contribution >= 0.6 is 0 Å². The Balaban J connectivity index is 1.25. The van der Waals surface area contributed by atoms with E-state index in [1.807, 2.05) is 36.5 Å². The molecule has 0 unspecified atom stereocenters. The highest BCUT2D eigenvalue weighted by atomic mass is 16.5. The first-order valence-electron chi connectivity index (χ1n) is 14.5. The van der Waals surface area contributed by atoms with Gasteiger partial charge in [-0.05, 0) is 56.3 Å².